The molecule has 0 bridgehead atoms. The van der Waals surface area contributed by atoms with Crippen LogP contribution in [0.15, 0.2) is 48.5 Å². The number of nitrogens with one attached hydrogen (secondary N) is 1. The second-order valence-corrected chi connectivity index (χ2v) is 7.72. The average molecular weight is 444 g/mol. The predicted octanol–water partition coefficient (Wildman–Crippen LogP) is 5.00. The highest BCUT2D eigenvalue weighted by atomic mass is 35.5. The van der Waals surface area contributed by atoms with Gasteiger partial charge < -0.3 is 14.8 Å². The first-order chi connectivity index (χ1) is 14.6. The Labute approximate surface area is 184 Å². The van der Waals surface area contributed by atoms with Crippen molar-refractivity contribution >= 4 is 40.0 Å². The van der Waals surface area contributed by atoms with Crippen molar-refractivity contribution < 1.29 is 14.3 Å². The van der Waals surface area contributed by atoms with Crippen molar-refractivity contribution in [2.24, 2.45) is 0 Å². The summed E-state index contributed by atoms with van der Waals surface area (Å²) in [4.78, 5) is 12.3. The van der Waals surface area contributed by atoms with Gasteiger partial charge in [0, 0.05) is 6.54 Å². The van der Waals surface area contributed by atoms with E-state index >= 15 is 0 Å². The Hall–Kier alpha value is -2.90. The predicted molar refractivity (Wildman–Crippen MR) is 120 cm³/mol. The molecule has 1 heterocycles. The molecule has 0 aliphatic carbocycles. The van der Waals surface area contributed by atoms with Gasteiger partial charge in [0.05, 0.1) is 18.7 Å². The fraction of sp³-hybridized carbons (Fsp3) is 0.227. The molecule has 0 saturated heterocycles. The van der Waals surface area contributed by atoms with E-state index in [9.17, 15) is 4.79 Å². The van der Waals surface area contributed by atoms with Gasteiger partial charge in [-0.3, -0.25) is 4.79 Å². The summed E-state index contributed by atoms with van der Waals surface area (Å²) in [5.41, 5.74) is 1.83. The molecule has 0 atom stereocenters. The lowest BCUT2D eigenvalue weighted by molar-refractivity contribution is 0.0950. The molecule has 8 heteroatoms. The van der Waals surface area contributed by atoms with E-state index in [0.717, 1.165) is 28.9 Å². The van der Waals surface area contributed by atoms with Crippen molar-refractivity contribution in [2.75, 3.05) is 13.7 Å². The molecule has 156 valence electrons. The van der Waals surface area contributed by atoms with Crippen LogP contribution in [0.5, 0.6) is 11.5 Å². The molecule has 1 aromatic heterocycles. The zero-order valence-corrected chi connectivity index (χ0v) is 18.3. The monoisotopic (exact) mass is 443 g/mol. The van der Waals surface area contributed by atoms with Gasteiger partial charge in [-0.25, -0.2) is 0 Å². The third-order valence-electron chi connectivity index (χ3n) is 4.06. The Morgan fingerprint density at radius 3 is 2.63 bits per heavy atom. The first kappa shape index (κ1) is 21.8. The van der Waals surface area contributed by atoms with Crippen LogP contribution in [0.3, 0.4) is 0 Å². The SMILES string of the molecule is CCCOc1ccc(/C=C(\Cl)c2nnc(C(=O)NCc3ccccc3)s2)cc1OC. The maximum Gasteiger partial charge on any atom is 0.282 e. The zero-order valence-electron chi connectivity index (χ0n) is 16.7. The van der Waals surface area contributed by atoms with Crippen molar-refractivity contribution in [1.82, 2.24) is 15.5 Å². The van der Waals surface area contributed by atoms with Gasteiger partial charge in [-0.1, -0.05) is 66.3 Å². The molecule has 3 aromatic rings. The number of benzene rings is 2. The van der Waals surface area contributed by atoms with Crippen LogP contribution >= 0.6 is 22.9 Å². The van der Waals surface area contributed by atoms with Crippen LogP contribution < -0.4 is 14.8 Å². The van der Waals surface area contributed by atoms with E-state index in [1.54, 1.807) is 13.2 Å². The fourth-order valence-corrected chi connectivity index (χ4v) is 3.53. The summed E-state index contributed by atoms with van der Waals surface area (Å²) >= 11 is 7.55. The summed E-state index contributed by atoms with van der Waals surface area (Å²) in [6.45, 7) is 3.08. The Morgan fingerprint density at radius 2 is 1.90 bits per heavy atom. The number of amides is 1. The Balaban J connectivity index is 1.68. The summed E-state index contributed by atoms with van der Waals surface area (Å²) < 4.78 is 11.1. The van der Waals surface area contributed by atoms with Crippen LogP contribution in [0.25, 0.3) is 11.1 Å². The minimum absolute atomic E-state index is 0.258. The molecule has 0 spiro atoms. The zero-order chi connectivity index (χ0) is 21.3. The van der Waals surface area contributed by atoms with Gasteiger partial charge in [0.25, 0.3) is 5.91 Å². The first-order valence-corrected chi connectivity index (χ1v) is 10.6. The lowest BCUT2D eigenvalue weighted by Gasteiger charge is -2.10. The maximum atomic E-state index is 12.3. The van der Waals surface area contributed by atoms with E-state index in [0.29, 0.717) is 34.7 Å². The third-order valence-corrected chi connectivity index (χ3v) is 5.42. The minimum Gasteiger partial charge on any atom is -0.493 e. The number of rotatable bonds is 9. The molecule has 1 amide bonds. The molecule has 6 nitrogen and oxygen atoms in total. The van der Waals surface area contributed by atoms with Gasteiger partial charge in [-0.05, 0) is 35.8 Å². The molecule has 2 aromatic carbocycles. The molecular formula is C22H22ClN3O3S. The first-order valence-electron chi connectivity index (χ1n) is 9.44. The highest BCUT2D eigenvalue weighted by molar-refractivity contribution is 7.15. The number of carbonyl (C=O) groups is 1. The molecule has 0 radical (unpaired) electrons. The number of hydrogen-bond acceptors (Lipinski definition) is 6. The molecule has 0 saturated carbocycles. The maximum absolute atomic E-state index is 12.3. The van der Waals surface area contributed by atoms with Crippen molar-refractivity contribution in [1.29, 1.82) is 0 Å². The molecule has 30 heavy (non-hydrogen) atoms. The summed E-state index contributed by atoms with van der Waals surface area (Å²) in [7, 11) is 1.59. The van der Waals surface area contributed by atoms with Crippen LogP contribution in [-0.2, 0) is 6.54 Å². The summed E-state index contributed by atoms with van der Waals surface area (Å²) in [5.74, 6) is 1.02. The van der Waals surface area contributed by atoms with E-state index in [1.165, 1.54) is 0 Å². The highest BCUT2D eigenvalue weighted by Crippen LogP contribution is 2.31. The lowest BCUT2D eigenvalue weighted by Crippen LogP contribution is -2.22. The number of halogens is 1. The van der Waals surface area contributed by atoms with Gasteiger partial charge in [0.1, 0.15) is 0 Å². The standard InChI is InChI=1S/C22H22ClN3O3S/c1-3-11-29-18-10-9-16(13-19(18)28-2)12-17(23)21-25-26-22(30-21)20(27)24-14-15-7-5-4-6-8-15/h4-10,12-13H,3,11,14H2,1-2H3,(H,24,27)/b17-12-. The third kappa shape index (κ3) is 5.81. The van der Waals surface area contributed by atoms with E-state index < -0.39 is 0 Å². The second kappa shape index (κ2) is 10.8. The summed E-state index contributed by atoms with van der Waals surface area (Å²) in [6.07, 6.45) is 2.66. The van der Waals surface area contributed by atoms with E-state index in [-0.39, 0.29) is 10.9 Å². The summed E-state index contributed by atoms with van der Waals surface area (Å²) in [6, 6.07) is 15.2. The lowest BCUT2D eigenvalue weighted by atomic mass is 10.2. The minimum atomic E-state index is -0.286. The van der Waals surface area contributed by atoms with Crippen molar-refractivity contribution in [3.63, 3.8) is 0 Å². The van der Waals surface area contributed by atoms with Crippen molar-refractivity contribution in [3.05, 3.63) is 69.7 Å². The van der Waals surface area contributed by atoms with Crippen LogP contribution in [0.4, 0.5) is 0 Å². The fourth-order valence-electron chi connectivity index (χ4n) is 2.58. The highest BCUT2D eigenvalue weighted by Gasteiger charge is 2.15. The van der Waals surface area contributed by atoms with Gasteiger partial charge in [-0.15, -0.1) is 10.2 Å². The van der Waals surface area contributed by atoms with E-state index in [1.807, 2.05) is 55.5 Å². The Morgan fingerprint density at radius 1 is 1.13 bits per heavy atom. The molecule has 0 aliphatic rings. The molecule has 0 unspecified atom stereocenters. The topological polar surface area (TPSA) is 73.3 Å². The number of carbonyl (C=O) groups excluding carboxylic acids is 1. The number of ether oxygens (including phenoxy) is 2. The number of hydrogen-bond donors (Lipinski definition) is 1. The van der Waals surface area contributed by atoms with Crippen molar-refractivity contribution in [2.45, 2.75) is 19.9 Å². The van der Waals surface area contributed by atoms with Gasteiger partial charge in [0.2, 0.25) is 5.01 Å². The van der Waals surface area contributed by atoms with Gasteiger partial charge in [0.15, 0.2) is 16.5 Å². The van der Waals surface area contributed by atoms with Crippen LogP contribution in [-0.4, -0.2) is 29.8 Å². The molecule has 1 N–H and O–H groups in total. The van der Waals surface area contributed by atoms with Crippen LogP contribution in [0.1, 0.15) is 39.3 Å². The van der Waals surface area contributed by atoms with Crippen LogP contribution in [0, 0.1) is 0 Å². The van der Waals surface area contributed by atoms with E-state index in [4.69, 9.17) is 21.1 Å². The quantitative estimate of drug-likeness (QED) is 0.503. The van der Waals surface area contributed by atoms with Crippen LogP contribution in [0.2, 0.25) is 0 Å². The average Bonchev–Trinajstić information content (AvgIpc) is 3.28. The normalized spacial score (nSPS) is 11.2. The van der Waals surface area contributed by atoms with Gasteiger partial charge in [-0.2, -0.15) is 0 Å². The van der Waals surface area contributed by atoms with E-state index in [2.05, 4.69) is 15.5 Å². The molecule has 0 fully saturated rings. The second-order valence-electron chi connectivity index (χ2n) is 6.33. The molecule has 0 aliphatic heterocycles. The number of methoxy groups -OCH3 is 1. The molecular weight excluding hydrogens is 422 g/mol. The smallest absolute Gasteiger partial charge is 0.282 e. The van der Waals surface area contributed by atoms with Crippen molar-refractivity contribution in [3.8, 4) is 11.5 Å². The Bertz CT molecular complexity index is 1020. The van der Waals surface area contributed by atoms with Gasteiger partial charge >= 0.3 is 0 Å². The molecule has 3 rings (SSSR count). The number of aromatic nitrogens is 2. The Kier molecular flexibility index (Phi) is 7.82. The summed E-state index contributed by atoms with van der Waals surface area (Å²) in [5, 5.41) is 11.9. The number of nitrogens with zero attached hydrogens (tertiary/aromatic N) is 2. The largest absolute Gasteiger partial charge is 0.493 e.